The Morgan fingerprint density at radius 3 is 2.67 bits per heavy atom. The zero-order valence-corrected chi connectivity index (χ0v) is 12.5. The van der Waals surface area contributed by atoms with Crippen LogP contribution in [0.3, 0.4) is 0 Å². The summed E-state index contributed by atoms with van der Waals surface area (Å²) < 4.78 is 6.94. The van der Waals surface area contributed by atoms with Gasteiger partial charge in [0.2, 0.25) is 5.28 Å². The van der Waals surface area contributed by atoms with Crippen LogP contribution in [-0.4, -0.2) is 24.7 Å². The van der Waals surface area contributed by atoms with Crippen molar-refractivity contribution in [3.05, 3.63) is 52.0 Å². The number of hydrogen-bond acceptors (Lipinski definition) is 5. The molecule has 1 aromatic carbocycles. The summed E-state index contributed by atoms with van der Waals surface area (Å²) >= 11 is 17.8. The minimum atomic E-state index is -0.0244. The summed E-state index contributed by atoms with van der Waals surface area (Å²) in [6.07, 6.45) is 3.26. The second-order valence-corrected chi connectivity index (χ2v) is 5.00. The van der Waals surface area contributed by atoms with E-state index in [4.69, 9.17) is 39.5 Å². The molecule has 0 fully saturated rings. The zero-order valence-electron chi connectivity index (χ0n) is 10.2. The minimum Gasteiger partial charge on any atom is -0.422 e. The first-order valence-electron chi connectivity index (χ1n) is 5.66. The molecule has 9 heteroatoms. The first-order valence-corrected chi connectivity index (χ1v) is 6.80. The van der Waals surface area contributed by atoms with Crippen molar-refractivity contribution in [1.82, 2.24) is 24.7 Å². The van der Waals surface area contributed by atoms with Crippen LogP contribution in [0.25, 0.3) is 5.95 Å². The van der Waals surface area contributed by atoms with Gasteiger partial charge < -0.3 is 4.74 Å². The number of hydrogen-bond donors (Lipinski definition) is 0. The van der Waals surface area contributed by atoms with E-state index in [0.29, 0.717) is 15.8 Å². The Bertz CT molecular complexity index is 779. The van der Waals surface area contributed by atoms with Crippen molar-refractivity contribution < 1.29 is 4.74 Å². The Hall–Kier alpha value is -1.89. The maximum atomic E-state index is 6.02. The minimum absolute atomic E-state index is 0.00957. The second kappa shape index (κ2) is 5.85. The van der Waals surface area contributed by atoms with Crippen LogP contribution < -0.4 is 4.74 Å². The van der Waals surface area contributed by atoms with Gasteiger partial charge in [-0.15, -0.1) is 0 Å². The van der Waals surface area contributed by atoms with Crippen molar-refractivity contribution in [2.24, 2.45) is 0 Å². The fourth-order valence-electron chi connectivity index (χ4n) is 1.51. The lowest BCUT2D eigenvalue weighted by Gasteiger charge is -2.07. The van der Waals surface area contributed by atoms with E-state index in [1.54, 1.807) is 36.7 Å². The summed E-state index contributed by atoms with van der Waals surface area (Å²) in [4.78, 5) is 12.0. The van der Waals surface area contributed by atoms with Gasteiger partial charge in [-0.1, -0.05) is 23.2 Å². The van der Waals surface area contributed by atoms with Crippen LogP contribution in [-0.2, 0) is 0 Å². The molecule has 3 rings (SSSR count). The first-order chi connectivity index (χ1) is 10.1. The van der Waals surface area contributed by atoms with Gasteiger partial charge in [0.1, 0.15) is 0 Å². The highest BCUT2D eigenvalue weighted by molar-refractivity contribution is 6.34. The summed E-state index contributed by atoms with van der Waals surface area (Å²) in [6.45, 7) is 0. The maximum Gasteiger partial charge on any atom is 0.328 e. The highest BCUT2D eigenvalue weighted by Crippen LogP contribution is 2.30. The predicted molar refractivity (Wildman–Crippen MR) is 78.5 cm³/mol. The lowest BCUT2D eigenvalue weighted by Crippen LogP contribution is -2.05. The van der Waals surface area contributed by atoms with E-state index in [-0.39, 0.29) is 17.2 Å². The van der Waals surface area contributed by atoms with Crippen LogP contribution in [0.1, 0.15) is 0 Å². The molecular formula is C12H6Cl3N5O. The highest BCUT2D eigenvalue weighted by Gasteiger charge is 2.11. The van der Waals surface area contributed by atoms with Gasteiger partial charge >= 0.3 is 6.01 Å². The van der Waals surface area contributed by atoms with Crippen molar-refractivity contribution in [2.75, 3.05) is 0 Å². The average molecular weight is 343 g/mol. The van der Waals surface area contributed by atoms with E-state index in [2.05, 4.69) is 20.1 Å². The van der Waals surface area contributed by atoms with Crippen LogP contribution >= 0.6 is 34.8 Å². The van der Waals surface area contributed by atoms with E-state index in [1.807, 2.05) is 0 Å². The molecule has 0 N–H and O–H groups in total. The summed E-state index contributed by atoms with van der Waals surface area (Å²) in [6, 6.07) is 6.52. The fourth-order valence-corrected chi connectivity index (χ4v) is 1.98. The van der Waals surface area contributed by atoms with Crippen molar-refractivity contribution in [2.45, 2.75) is 0 Å². The van der Waals surface area contributed by atoms with Gasteiger partial charge in [-0.25, -0.2) is 4.68 Å². The number of aromatic nitrogens is 5. The molecule has 2 aromatic heterocycles. The summed E-state index contributed by atoms with van der Waals surface area (Å²) in [5.41, 5.74) is 0. The van der Waals surface area contributed by atoms with Crippen molar-refractivity contribution in [3.63, 3.8) is 0 Å². The molecular weight excluding hydrogens is 337 g/mol. The van der Waals surface area contributed by atoms with Gasteiger partial charge in [-0.05, 0) is 29.8 Å². The Balaban J connectivity index is 1.97. The number of ether oxygens (including phenoxy) is 1. The lowest BCUT2D eigenvalue weighted by atomic mass is 10.3. The molecule has 6 nitrogen and oxygen atoms in total. The molecule has 0 aliphatic heterocycles. The molecule has 106 valence electrons. The Labute approximate surface area is 134 Å². The molecule has 0 aliphatic carbocycles. The van der Waals surface area contributed by atoms with Crippen LogP contribution in [0.4, 0.5) is 0 Å². The topological polar surface area (TPSA) is 65.7 Å². The summed E-state index contributed by atoms with van der Waals surface area (Å²) in [5.74, 6) is 0.547. The van der Waals surface area contributed by atoms with E-state index in [1.165, 1.54) is 4.68 Å². The Kier molecular flexibility index (Phi) is 3.92. The zero-order chi connectivity index (χ0) is 14.8. The smallest absolute Gasteiger partial charge is 0.328 e. The van der Waals surface area contributed by atoms with Gasteiger partial charge in [-0.3, -0.25) is 0 Å². The van der Waals surface area contributed by atoms with Gasteiger partial charge in [0.25, 0.3) is 5.95 Å². The number of benzene rings is 1. The normalized spacial score (nSPS) is 10.6. The number of nitrogens with zero attached hydrogens (tertiary/aromatic N) is 5. The van der Waals surface area contributed by atoms with Crippen molar-refractivity contribution in [3.8, 4) is 17.7 Å². The van der Waals surface area contributed by atoms with Gasteiger partial charge in [0.15, 0.2) is 5.75 Å². The highest BCUT2D eigenvalue weighted by atomic mass is 35.5. The SMILES string of the molecule is Clc1ccc(Cl)c(Oc2nc(Cl)nc(-n3cccn3)n2)c1. The quantitative estimate of drug-likeness (QED) is 0.724. The predicted octanol–water partition coefficient (Wildman–Crippen LogP) is 3.81. The fraction of sp³-hybridized carbons (Fsp3) is 0. The standard InChI is InChI=1S/C12H6Cl3N5O/c13-7-2-3-8(14)9(6-7)21-12-18-10(15)17-11(19-12)20-5-1-4-16-20/h1-6H. The molecule has 0 saturated carbocycles. The van der Waals surface area contributed by atoms with Crippen LogP contribution in [0, 0.1) is 0 Å². The third-order valence-electron chi connectivity index (χ3n) is 2.38. The van der Waals surface area contributed by atoms with Gasteiger partial charge in [-0.2, -0.15) is 20.1 Å². The molecule has 0 bridgehead atoms. The largest absolute Gasteiger partial charge is 0.422 e. The third-order valence-corrected chi connectivity index (χ3v) is 3.10. The second-order valence-electron chi connectivity index (χ2n) is 3.81. The van der Waals surface area contributed by atoms with Crippen LogP contribution in [0.2, 0.25) is 15.3 Å². The average Bonchev–Trinajstić information content (AvgIpc) is 2.96. The molecule has 21 heavy (non-hydrogen) atoms. The molecule has 0 spiro atoms. The maximum absolute atomic E-state index is 6.02. The van der Waals surface area contributed by atoms with E-state index >= 15 is 0 Å². The van der Waals surface area contributed by atoms with E-state index in [0.717, 1.165) is 0 Å². The monoisotopic (exact) mass is 341 g/mol. The molecule has 0 radical (unpaired) electrons. The number of rotatable bonds is 3. The van der Waals surface area contributed by atoms with E-state index < -0.39 is 0 Å². The van der Waals surface area contributed by atoms with Crippen molar-refractivity contribution in [1.29, 1.82) is 0 Å². The Morgan fingerprint density at radius 2 is 1.90 bits per heavy atom. The van der Waals surface area contributed by atoms with Crippen LogP contribution in [0.15, 0.2) is 36.7 Å². The van der Waals surface area contributed by atoms with Gasteiger partial charge in [0, 0.05) is 23.5 Å². The van der Waals surface area contributed by atoms with Gasteiger partial charge in [0.05, 0.1) is 5.02 Å². The molecule has 0 unspecified atom stereocenters. The lowest BCUT2D eigenvalue weighted by molar-refractivity contribution is 0.437. The summed E-state index contributed by atoms with van der Waals surface area (Å²) in [5, 5.41) is 4.83. The summed E-state index contributed by atoms with van der Waals surface area (Å²) in [7, 11) is 0. The third kappa shape index (κ3) is 3.24. The first kappa shape index (κ1) is 14.1. The van der Waals surface area contributed by atoms with Crippen molar-refractivity contribution >= 4 is 34.8 Å². The molecule has 0 saturated heterocycles. The molecule has 0 aliphatic rings. The Morgan fingerprint density at radius 1 is 1.05 bits per heavy atom. The van der Waals surface area contributed by atoms with E-state index in [9.17, 15) is 0 Å². The molecule has 3 aromatic rings. The van der Waals surface area contributed by atoms with Crippen LogP contribution in [0.5, 0.6) is 11.8 Å². The molecule has 0 amide bonds. The molecule has 2 heterocycles. The molecule has 0 atom stereocenters. The number of halogens is 3.